The Labute approximate surface area is 178 Å². The van der Waals surface area contributed by atoms with E-state index >= 15 is 0 Å². The predicted molar refractivity (Wildman–Crippen MR) is 116 cm³/mol. The summed E-state index contributed by atoms with van der Waals surface area (Å²) in [5.41, 5.74) is 3.30. The van der Waals surface area contributed by atoms with Crippen molar-refractivity contribution >= 4 is 11.9 Å². The normalized spacial score (nSPS) is 20.0. The molecule has 7 heteroatoms. The van der Waals surface area contributed by atoms with Gasteiger partial charge >= 0.3 is 0 Å². The van der Waals surface area contributed by atoms with E-state index in [4.69, 9.17) is 4.74 Å². The number of hydrogen-bond acceptors (Lipinski definition) is 6. The summed E-state index contributed by atoms with van der Waals surface area (Å²) in [5, 5.41) is 11.5. The molecular formula is C23H31N5O2. The molecule has 1 aromatic carbocycles. The van der Waals surface area contributed by atoms with Gasteiger partial charge < -0.3 is 15.0 Å². The molecule has 1 atom stereocenters. The fourth-order valence-corrected chi connectivity index (χ4v) is 4.52. The van der Waals surface area contributed by atoms with E-state index in [1.54, 1.807) is 13.3 Å². The molecule has 4 rings (SSSR count). The van der Waals surface area contributed by atoms with Crippen LogP contribution in [0.25, 0.3) is 11.3 Å². The molecule has 2 aliphatic rings. The van der Waals surface area contributed by atoms with Crippen LogP contribution in [0.4, 0.5) is 5.95 Å². The van der Waals surface area contributed by atoms with E-state index in [0.717, 1.165) is 17.8 Å². The molecule has 2 fully saturated rings. The minimum atomic E-state index is 0.185. The van der Waals surface area contributed by atoms with E-state index in [1.165, 1.54) is 37.7 Å². The number of benzene rings is 1. The first-order chi connectivity index (χ1) is 14.7. The Kier molecular flexibility index (Phi) is 6.89. The Morgan fingerprint density at radius 2 is 1.97 bits per heavy atom. The van der Waals surface area contributed by atoms with E-state index in [2.05, 4.69) is 44.8 Å². The van der Waals surface area contributed by atoms with Crippen molar-refractivity contribution < 1.29 is 9.53 Å². The molecular weight excluding hydrogens is 378 g/mol. The molecule has 1 aliphatic carbocycles. The molecule has 2 aromatic rings. The average molecular weight is 410 g/mol. The number of aromatic nitrogens is 3. The molecule has 1 saturated carbocycles. The van der Waals surface area contributed by atoms with Crippen LogP contribution in [0.15, 0.2) is 30.5 Å². The Morgan fingerprint density at radius 1 is 1.17 bits per heavy atom. The van der Waals surface area contributed by atoms with Crippen molar-refractivity contribution in [1.82, 2.24) is 20.1 Å². The van der Waals surface area contributed by atoms with E-state index < -0.39 is 0 Å². The summed E-state index contributed by atoms with van der Waals surface area (Å²) >= 11 is 0. The highest BCUT2D eigenvalue weighted by atomic mass is 16.5. The minimum absolute atomic E-state index is 0.185. The average Bonchev–Trinajstić information content (AvgIpc) is 3.16. The monoisotopic (exact) mass is 409 g/mol. The molecule has 0 spiro atoms. The molecule has 1 aliphatic heterocycles. The fraction of sp³-hybridized carbons (Fsp3) is 0.565. The molecule has 0 bridgehead atoms. The van der Waals surface area contributed by atoms with E-state index in [9.17, 15) is 4.79 Å². The van der Waals surface area contributed by atoms with Gasteiger partial charge in [-0.1, -0.05) is 43.5 Å². The van der Waals surface area contributed by atoms with Gasteiger partial charge in [0.05, 0.1) is 18.5 Å². The number of nitrogens with zero attached hydrogens (tertiary/aromatic N) is 4. The summed E-state index contributed by atoms with van der Waals surface area (Å²) in [6.45, 7) is 2.61. The van der Waals surface area contributed by atoms with Gasteiger partial charge in [-0.2, -0.15) is 5.10 Å². The lowest BCUT2D eigenvalue weighted by Crippen LogP contribution is -2.29. The largest absolute Gasteiger partial charge is 0.383 e. The van der Waals surface area contributed by atoms with E-state index in [-0.39, 0.29) is 11.8 Å². The van der Waals surface area contributed by atoms with Crippen LogP contribution in [0.1, 0.15) is 50.0 Å². The number of amides is 1. The summed E-state index contributed by atoms with van der Waals surface area (Å²) in [6.07, 6.45) is 8.90. The van der Waals surface area contributed by atoms with Crippen LogP contribution in [0.3, 0.4) is 0 Å². The maximum atomic E-state index is 12.1. The Morgan fingerprint density at radius 3 is 2.73 bits per heavy atom. The molecule has 160 valence electrons. The number of likely N-dealkylation sites (tertiary alicyclic amines) is 1. The zero-order valence-corrected chi connectivity index (χ0v) is 17.7. The first-order valence-corrected chi connectivity index (χ1v) is 11.0. The van der Waals surface area contributed by atoms with Gasteiger partial charge in [0.25, 0.3) is 0 Å². The Bertz CT molecular complexity index is 836. The number of carbonyl (C=O) groups is 1. The fourth-order valence-electron chi connectivity index (χ4n) is 4.52. The number of ether oxygens (including phenoxy) is 1. The van der Waals surface area contributed by atoms with Crippen LogP contribution in [-0.2, 0) is 9.53 Å². The summed E-state index contributed by atoms with van der Waals surface area (Å²) < 4.78 is 5.08. The Balaban J connectivity index is 1.34. The van der Waals surface area contributed by atoms with Crippen molar-refractivity contribution in [2.75, 3.05) is 38.7 Å². The van der Waals surface area contributed by atoms with Gasteiger partial charge in [-0.05, 0) is 24.3 Å². The SMILES string of the molecule is COCCN1CC(CNc2nncc(-c3ccc(C4CCCCC4)cc3)n2)CC1=O. The lowest BCUT2D eigenvalue weighted by Gasteiger charge is -2.22. The van der Waals surface area contributed by atoms with Crippen molar-refractivity contribution in [3.63, 3.8) is 0 Å². The second kappa shape index (κ2) is 9.98. The van der Waals surface area contributed by atoms with Crippen LogP contribution in [0.2, 0.25) is 0 Å². The first kappa shape index (κ1) is 20.7. The van der Waals surface area contributed by atoms with Gasteiger partial charge in [0.15, 0.2) is 0 Å². The predicted octanol–water partition coefficient (Wildman–Crippen LogP) is 3.49. The summed E-state index contributed by atoms with van der Waals surface area (Å²) in [6, 6.07) is 8.75. The molecule has 2 heterocycles. The third-order valence-electron chi connectivity index (χ3n) is 6.25. The van der Waals surface area contributed by atoms with Gasteiger partial charge in [0, 0.05) is 44.6 Å². The van der Waals surface area contributed by atoms with Crippen LogP contribution >= 0.6 is 0 Å². The first-order valence-electron chi connectivity index (χ1n) is 11.0. The lowest BCUT2D eigenvalue weighted by atomic mass is 9.84. The van der Waals surface area contributed by atoms with Crippen molar-refractivity contribution in [3.8, 4) is 11.3 Å². The lowest BCUT2D eigenvalue weighted by molar-refractivity contribution is -0.128. The van der Waals surface area contributed by atoms with Crippen molar-refractivity contribution in [2.24, 2.45) is 5.92 Å². The third-order valence-corrected chi connectivity index (χ3v) is 6.25. The minimum Gasteiger partial charge on any atom is -0.383 e. The topological polar surface area (TPSA) is 80.2 Å². The van der Waals surface area contributed by atoms with Crippen LogP contribution in [0.5, 0.6) is 0 Å². The van der Waals surface area contributed by atoms with Gasteiger partial charge in [-0.25, -0.2) is 4.98 Å². The van der Waals surface area contributed by atoms with Gasteiger partial charge in [0.1, 0.15) is 0 Å². The van der Waals surface area contributed by atoms with Crippen molar-refractivity contribution in [2.45, 2.75) is 44.4 Å². The summed E-state index contributed by atoms with van der Waals surface area (Å²) in [5.74, 6) is 1.64. The van der Waals surface area contributed by atoms with Crippen molar-refractivity contribution in [3.05, 3.63) is 36.0 Å². The second-order valence-electron chi connectivity index (χ2n) is 8.41. The number of nitrogens with one attached hydrogen (secondary N) is 1. The standard InChI is InChI=1S/C23H31N5O2/c1-30-12-11-28-16-17(13-22(28)29)14-24-23-26-21(15-25-27-23)20-9-7-19(8-10-20)18-5-3-2-4-6-18/h7-10,15,17-18H,2-6,11-14,16H2,1H3,(H,24,26,27). The summed E-state index contributed by atoms with van der Waals surface area (Å²) in [7, 11) is 1.65. The van der Waals surface area contributed by atoms with Gasteiger partial charge in [-0.3, -0.25) is 4.79 Å². The van der Waals surface area contributed by atoms with Crippen molar-refractivity contribution in [1.29, 1.82) is 0 Å². The van der Waals surface area contributed by atoms with E-state index in [0.29, 0.717) is 38.0 Å². The maximum Gasteiger partial charge on any atom is 0.243 e. The second-order valence-corrected chi connectivity index (χ2v) is 8.41. The van der Waals surface area contributed by atoms with Gasteiger partial charge in [-0.15, -0.1) is 5.10 Å². The molecule has 7 nitrogen and oxygen atoms in total. The molecule has 0 radical (unpaired) electrons. The molecule has 30 heavy (non-hydrogen) atoms. The smallest absolute Gasteiger partial charge is 0.243 e. The molecule has 1 N–H and O–H groups in total. The third kappa shape index (κ3) is 5.14. The molecule has 1 saturated heterocycles. The molecule has 1 unspecified atom stereocenters. The Hall–Kier alpha value is -2.54. The maximum absolute atomic E-state index is 12.1. The van der Waals surface area contributed by atoms with Gasteiger partial charge in [0.2, 0.25) is 11.9 Å². The van der Waals surface area contributed by atoms with Crippen LogP contribution in [-0.4, -0.2) is 59.3 Å². The highest BCUT2D eigenvalue weighted by molar-refractivity contribution is 5.78. The zero-order valence-electron chi connectivity index (χ0n) is 17.7. The quantitative estimate of drug-likeness (QED) is 0.719. The number of anilines is 1. The van der Waals surface area contributed by atoms with Crippen LogP contribution in [0, 0.1) is 5.92 Å². The summed E-state index contributed by atoms with van der Waals surface area (Å²) in [4.78, 5) is 18.6. The number of carbonyl (C=O) groups excluding carboxylic acids is 1. The van der Waals surface area contributed by atoms with E-state index in [1.807, 2.05) is 4.90 Å². The number of rotatable bonds is 8. The van der Waals surface area contributed by atoms with Crippen LogP contribution < -0.4 is 5.32 Å². The number of hydrogen-bond donors (Lipinski definition) is 1. The highest BCUT2D eigenvalue weighted by Crippen LogP contribution is 2.33. The highest BCUT2D eigenvalue weighted by Gasteiger charge is 2.29. The molecule has 1 amide bonds. The number of methoxy groups -OCH3 is 1. The zero-order chi connectivity index (χ0) is 20.8. The molecule has 1 aromatic heterocycles.